The fourth-order valence-corrected chi connectivity index (χ4v) is 4.91. The summed E-state index contributed by atoms with van der Waals surface area (Å²) in [6.07, 6.45) is 5.79. The molecule has 0 unspecified atom stereocenters. The van der Waals surface area contributed by atoms with Crippen molar-refractivity contribution >= 4 is 45.6 Å². The Morgan fingerprint density at radius 2 is 1.86 bits per heavy atom. The average molecular weight is 489 g/mol. The number of benzene rings is 3. The van der Waals surface area contributed by atoms with Crippen molar-refractivity contribution in [2.75, 3.05) is 16.0 Å². The van der Waals surface area contributed by atoms with Crippen LogP contribution < -0.4 is 16.0 Å². The minimum Gasteiger partial charge on any atom is -0.350 e. The van der Waals surface area contributed by atoms with Crippen LogP contribution in [0.4, 0.5) is 28.8 Å². The van der Waals surface area contributed by atoms with Crippen LogP contribution >= 0.6 is 0 Å². The second-order valence-corrected chi connectivity index (χ2v) is 9.55. The Morgan fingerprint density at radius 1 is 1.00 bits per heavy atom. The van der Waals surface area contributed by atoms with E-state index in [4.69, 9.17) is 0 Å². The molecule has 3 heterocycles. The zero-order valence-corrected chi connectivity index (χ0v) is 20.9. The highest BCUT2D eigenvalue weighted by Crippen LogP contribution is 2.28. The number of anilines is 5. The zero-order chi connectivity index (χ0) is 25.4. The lowest BCUT2D eigenvalue weighted by Crippen LogP contribution is -2.16. The molecular weight excluding hydrogens is 460 g/mol. The van der Waals surface area contributed by atoms with Crippen LogP contribution in [0, 0.1) is 6.92 Å². The number of hydrogen-bond acceptors (Lipinski definition) is 5. The first-order valence-corrected chi connectivity index (χ1v) is 12.4. The number of para-hydroxylation sites is 1. The van der Waals surface area contributed by atoms with E-state index in [2.05, 4.69) is 60.8 Å². The first-order valence-electron chi connectivity index (χ1n) is 12.4. The Morgan fingerprint density at radius 3 is 2.78 bits per heavy atom. The van der Waals surface area contributed by atoms with Gasteiger partial charge < -0.3 is 20.5 Å². The van der Waals surface area contributed by atoms with Crippen molar-refractivity contribution < 1.29 is 4.79 Å². The predicted octanol–water partition coefficient (Wildman–Crippen LogP) is 6.04. The van der Waals surface area contributed by atoms with Crippen LogP contribution in [-0.4, -0.2) is 20.4 Å². The molecule has 0 saturated carbocycles. The lowest BCUT2D eigenvalue weighted by Gasteiger charge is -2.15. The van der Waals surface area contributed by atoms with Gasteiger partial charge in [-0.15, -0.1) is 0 Å². The third-order valence-electron chi connectivity index (χ3n) is 6.81. The number of aromatic nitrogens is 3. The van der Waals surface area contributed by atoms with Gasteiger partial charge >= 0.3 is 0 Å². The molecule has 1 aliphatic rings. The zero-order valence-electron chi connectivity index (χ0n) is 20.9. The molecule has 0 aliphatic carbocycles. The molecule has 1 amide bonds. The van der Waals surface area contributed by atoms with Gasteiger partial charge in [-0.1, -0.05) is 30.3 Å². The van der Waals surface area contributed by atoms with Gasteiger partial charge in [0.1, 0.15) is 5.82 Å². The molecule has 7 nitrogen and oxygen atoms in total. The molecule has 6 bridgehead atoms. The average Bonchev–Trinajstić information content (AvgIpc) is 3.21. The fourth-order valence-electron chi connectivity index (χ4n) is 4.91. The predicted molar refractivity (Wildman–Crippen MR) is 149 cm³/mol. The van der Waals surface area contributed by atoms with Gasteiger partial charge in [-0.2, -0.15) is 4.98 Å². The van der Waals surface area contributed by atoms with Gasteiger partial charge in [0, 0.05) is 53.0 Å². The Kier molecular flexibility index (Phi) is 5.81. The SMILES string of the molecule is Cc1cnc2nc1Nc1ccc(NC(=O)Cc3cn(C)c4ccccc34)c(c1)CCc1cccc(c1)N2. The van der Waals surface area contributed by atoms with Crippen LogP contribution in [0.3, 0.4) is 0 Å². The number of carbonyl (C=O) groups excluding carboxylic acids is 1. The maximum atomic E-state index is 13.2. The molecular formula is C30H28N6O. The number of nitrogens with zero attached hydrogens (tertiary/aromatic N) is 3. The molecule has 0 saturated heterocycles. The fraction of sp³-hybridized carbons (Fsp3) is 0.167. The molecule has 0 fully saturated rings. The highest BCUT2D eigenvalue weighted by atomic mass is 16.1. The molecule has 5 aromatic rings. The van der Waals surface area contributed by atoms with E-state index in [9.17, 15) is 4.79 Å². The molecule has 3 N–H and O–H groups in total. The second-order valence-electron chi connectivity index (χ2n) is 9.55. The van der Waals surface area contributed by atoms with Crippen LogP contribution in [0.1, 0.15) is 22.3 Å². The van der Waals surface area contributed by atoms with Crippen molar-refractivity contribution in [2.24, 2.45) is 7.05 Å². The van der Waals surface area contributed by atoms with Gasteiger partial charge in [0.2, 0.25) is 11.9 Å². The van der Waals surface area contributed by atoms with Gasteiger partial charge in [0.05, 0.1) is 6.42 Å². The van der Waals surface area contributed by atoms with Gasteiger partial charge in [-0.3, -0.25) is 4.79 Å². The monoisotopic (exact) mass is 488 g/mol. The van der Waals surface area contributed by atoms with Crippen molar-refractivity contribution in [3.63, 3.8) is 0 Å². The van der Waals surface area contributed by atoms with Crippen LogP contribution in [0.25, 0.3) is 10.9 Å². The van der Waals surface area contributed by atoms with Gasteiger partial charge in [0.15, 0.2) is 0 Å². The summed E-state index contributed by atoms with van der Waals surface area (Å²) in [6, 6.07) is 22.5. The Labute approximate surface area is 215 Å². The van der Waals surface area contributed by atoms with Crippen molar-refractivity contribution in [3.8, 4) is 0 Å². The van der Waals surface area contributed by atoms with E-state index in [1.165, 1.54) is 5.56 Å². The number of nitrogens with one attached hydrogen (secondary N) is 3. The minimum atomic E-state index is -0.0290. The largest absolute Gasteiger partial charge is 0.350 e. The van der Waals surface area contributed by atoms with E-state index in [1.807, 2.05) is 62.8 Å². The standard InChI is InChI=1S/C30H28N6O/c1-19-17-31-30-33-23-7-5-6-20(14-23)10-11-21-15-24(32-29(19)35-30)12-13-26(21)34-28(37)16-22-18-36(2)27-9-4-3-8-25(22)27/h3-9,12-15,17-18H,10-11,16H2,1-2H3,(H,34,37)(H2,31,32,33,35). The molecule has 37 heavy (non-hydrogen) atoms. The summed E-state index contributed by atoms with van der Waals surface area (Å²) in [5.74, 6) is 1.26. The van der Waals surface area contributed by atoms with E-state index < -0.39 is 0 Å². The summed E-state index contributed by atoms with van der Waals surface area (Å²) in [6.45, 7) is 1.98. The number of carbonyl (C=O) groups is 1. The van der Waals surface area contributed by atoms with Crippen LogP contribution in [0.2, 0.25) is 0 Å². The summed E-state index contributed by atoms with van der Waals surface area (Å²) in [5.41, 5.74) is 8.06. The molecule has 3 aromatic carbocycles. The normalized spacial score (nSPS) is 12.5. The van der Waals surface area contributed by atoms with Crippen LogP contribution in [0.5, 0.6) is 0 Å². The lowest BCUT2D eigenvalue weighted by molar-refractivity contribution is -0.115. The van der Waals surface area contributed by atoms with Crippen molar-refractivity contribution in [1.82, 2.24) is 14.5 Å². The molecule has 2 aromatic heterocycles. The molecule has 6 rings (SSSR count). The Balaban J connectivity index is 1.31. The second kappa shape index (κ2) is 9.43. The van der Waals surface area contributed by atoms with E-state index in [1.54, 1.807) is 0 Å². The lowest BCUT2D eigenvalue weighted by atomic mass is 10.0. The van der Waals surface area contributed by atoms with Crippen molar-refractivity contribution in [3.05, 3.63) is 101 Å². The van der Waals surface area contributed by atoms with Crippen LogP contribution in [0.15, 0.2) is 79.1 Å². The van der Waals surface area contributed by atoms with E-state index in [0.29, 0.717) is 12.4 Å². The summed E-state index contributed by atoms with van der Waals surface area (Å²) in [4.78, 5) is 22.3. The van der Waals surface area contributed by atoms with Crippen molar-refractivity contribution in [2.45, 2.75) is 26.2 Å². The molecule has 0 spiro atoms. The maximum Gasteiger partial charge on any atom is 0.229 e. The Bertz CT molecular complexity index is 1640. The number of rotatable bonds is 3. The molecule has 0 radical (unpaired) electrons. The van der Waals surface area contributed by atoms with Crippen LogP contribution in [-0.2, 0) is 31.1 Å². The summed E-state index contributed by atoms with van der Waals surface area (Å²) < 4.78 is 2.07. The third-order valence-corrected chi connectivity index (χ3v) is 6.81. The number of fused-ring (bicyclic) bond motifs is 7. The molecule has 7 heteroatoms. The molecule has 0 atom stereocenters. The van der Waals surface area contributed by atoms with Gasteiger partial charge in [0.25, 0.3) is 0 Å². The summed E-state index contributed by atoms with van der Waals surface area (Å²) in [7, 11) is 2.01. The molecule has 184 valence electrons. The molecule has 1 aliphatic heterocycles. The quantitative estimate of drug-likeness (QED) is 0.288. The van der Waals surface area contributed by atoms with E-state index in [0.717, 1.165) is 63.3 Å². The van der Waals surface area contributed by atoms with Gasteiger partial charge in [-0.25, -0.2) is 4.98 Å². The van der Waals surface area contributed by atoms with E-state index in [-0.39, 0.29) is 5.91 Å². The smallest absolute Gasteiger partial charge is 0.229 e. The first-order chi connectivity index (χ1) is 18.0. The maximum absolute atomic E-state index is 13.2. The summed E-state index contributed by atoms with van der Waals surface area (Å²) in [5, 5.41) is 11.0. The third kappa shape index (κ3) is 4.76. The summed E-state index contributed by atoms with van der Waals surface area (Å²) >= 11 is 0. The first kappa shape index (κ1) is 22.8. The topological polar surface area (TPSA) is 83.9 Å². The highest BCUT2D eigenvalue weighted by Gasteiger charge is 2.14. The number of hydrogen-bond donors (Lipinski definition) is 3. The van der Waals surface area contributed by atoms with Gasteiger partial charge in [-0.05, 0) is 72.9 Å². The number of amides is 1. The minimum absolute atomic E-state index is 0.0290. The Hall–Kier alpha value is -4.65. The highest BCUT2D eigenvalue weighted by molar-refractivity contribution is 5.96. The van der Waals surface area contributed by atoms with Crippen molar-refractivity contribution in [1.29, 1.82) is 0 Å². The van der Waals surface area contributed by atoms with E-state index >= 15 is 0 Å². The number of aryl methyl sites for hydroxylation is 4.